The van der Waals surface area contributed by atoms with Crippen LogP contribution in [0.3, 0.4) is 0 Å². The Morgan fingerprint density at radius 2 is 1.81 bits per heavy atom. The number of hydrogen-bond donors (Lipinski definition) is 1. The highest BCUT2D eigenvalue weighted by Gasteiger charge is 2.35. The Morgan fingerprint density at radius 3 is 2.38 bits per heavy atom. The maximum Gasteiger partial charge on any atom is 0.246 e. The number of rotatable bonds is 4. The van der Waals surface area contributed by atoms with E-state index in [1.165, 1.54) is 5.56 Å². The lowest BCUT2D eigenvalue weighted by Crippen LogP contribution is -2.58. The molecule has 1 aliphatic heterocycles. The number of nitrogens with one attached hydrogen (secondary N) is 1. The summed E-state index contributed by atoms with van der Waals surface area (Å²) in [5.74, 6) is 0.324. The van der Waals surface area contributed by atoms with Gasteiger partial charge in [-0.1, -0.05) is 43.7 Å². The second-order valence-electron chi connectivity index (χ2n) is 6.30. The Labute approximate surface area is 126 Å². The number of aryl methyl sites for hydroxylation is 1. The molecule has 2 rings (SSSR count). The van der Waals surface area contributed by atoms with Crippen LogP contribution >= 0.6 is 0 Å². The average molecular weight is 288 g/mol. The van der Waals surface area contributed by atoms with Gasteiger partial charge in [0.25, 0.3) is 0 Å². The van der Waals surface area contributed by atoms with E-state index in [2.05, 4.69) is 19.2 Å². The normalized spacial score (nSPS) is 20.6. The van der Waals surface area contributed by atoms with Gasteiger partial charge in [0.05, 0.1) is 6.04 Å². The second kappa shape index (κ2) is 6.29. The molecule has 1 aliphatic rings. The number of carbonyl (C=O) groups is 2. The van der Waals surface area contributed by atoms with Gasteiger partial charge in [0.2, 0.25) is 11.8 Å². The topological polar surface area (TPSA) is 49.4 Å². The second-order valence-corrected chi connectivity index (χ2v) is 6.30. The van der Waals surface area contributed by atoms with Gasteiger partial charge in [-0.25, -0.2) is 0 Å². The lowest BCUT2D eigenvalue weighted by atomic mass is 9.98. The molecule has 1 heterocycles. The van der Waals surface area contributed by atoms with Crippen molar-refractivity contribution in [3.8, 4) is 0 Å². The van der Waals surface area contributed by atoms with E-state index in [-0.39, 0.29) is 30.4 Å². The van der Waals surface area contributed by atoms with Gasteiger partial charge in [0, 0.05) is 0 Å². The number of nitrogens with zero attached hydrogens (tertiary/aromatic N) is 1. The molecule has 4 nitrogen and oxygen atoms in total. The maximum absolute atomic E-state index is 12.6. The molecule has 4 heteroatoms. The minimum Gasteiger partial charge on any atom is -0.343 e. The fourth-order valence-electron chi connectivity index (χ4n) is 2.72. The third kappa shape index (κ3) is 3.63. The molecule has 2 amide bonds. The molecule has 1 aromatic carbocycles. The van der Waals surface area contributed by atoms with E-state index in [4.69, 9.17) is 0 Å². The van der Waals surface area contributed by atoms with Crippen molar-refractivity contribution in [3.63, 3.8) is 0 Å². The summed E-state index contributed by atoms with van der Waals surface area (Å²) in [6.45, 7) is 8.27. The van der Waals surface area contributed by atoms with Gasteiger partial charge < -0.3 is 10.2 Å². The van der Waals surface area contributed by atoms with Crippen LogP contribution in [0.5, 0.6) is 0 Å². The summed E-state index contributed by atoms with van der Waals surface area (Å²) >= 11 is 0. The molecule has 0 spiro atoms. The third-order valence-electron chi connectivity index (χ3n) is 3.96. The number of hydrogen-bond acceptors (Lipinski definition) is 2. The highest BCUT2D eigenvalue weighted by atomic mass is 16.2. The molecule has 0 radical (unpaired) electrons. The summed E-state index contributed by atoms with van der Waals surface area (Å²) < 4.78 is 0. The summed E-state index contributed by atoms with van der Waals surface area (Å²) in [6, 6.07) is 7.64. The van der Waals surface area contributed by atoms with Gasteiger partial charge in [0.15, 0.2) is 0 Å². The fourth-order valence-corrected chi connectivity index (χ4v) is 2.72. The first-order valence-electron chi connectivity index (χ1n) is 7.55. The third-order valence-corrected chi connectivity index (χ3v) is 3.96. The monoisotopic (exact) mass is 288 g/mol. The van der Waals surface area contributed by atoms with Crippen LogP contribution in [0.2, 0.25) is 0 Å². The van der Waals surface area contributed by atoms with Gasteiger partial charge in [-0.15, -0.1) is 0 Å². The number of carbonyl (C=O) groups excluding carboxylic acids is 2. The highest BCUT2D eigenvalue weighted by molar-refractivity contribution is 5.95. The Kier molecular flexibility index (Phi) is 4.66. The fraction of sp³-hybridized carbons (Fsp3) is 0.529. The summed E-state index contributed by atoms with van der Waals surface area (Å²) in [7, 11) is 0. The molecule has 2 atom stereocenters. The Hall–Kier alpha value is -1.84. The van der Waals surface area contributed by atoms with Crippen molar-refractivity contribution >= 4 is 11.8 Å². The summed E-state index contributed by atoms with van der Waals surface area (Å²) in [6.07, 6.45) is 0.682. The van der Waals surface area contributed by atoms with Crippen molar-refractivity contribution in [1.82, 2.24) is 10.2 Å². The number of amides is 2. The van der Waals surface area contributed by atoms with E-state index in [1.54, 1.807) is 4.90 Å². The number of benzene rings is 1. The van der Waals surface area contributed by atoms with Crippen LogP contribution in [0.4, 0.5) is 0 Å². The van der Waals surface area contributed by atoms with Gasteiger partial charge in [-0.2, -0.15) is 0 Å². The van der Waals surface area contributed by atoms with Crippen molar-refractivity contribution < 1.29 is 9.59 Å². The van der Waals surface area contributed by atoms with Crippen LogP contribution in [0.15, 0.2) is 24.3 Å². The molecular weight excluding hydrogens is 264 g/mol. The van der Waals surface area contributed by atoms with Crippen LogP contribution in [0.1, 0.15) is 44.4 Å². The average Bonchev–Trinajstić information content (AvgIpc) is 2.42. The van der Waals surface area contributed by atoms with Crippen LogP contribution in [-0.4, -0.2) is 29.3 Å². The van der Waals surface area contributed by atoms with E-state index in [0.29, 0.717) is 12.3 Å². The molecule has 0 aliphatic carbocycles. The van der Waals surface area contributed by atoms with E-state index in [0.717, 1.165) is 5.56 Å². The first-order valence-corrected chi connectivity index (χ1v) is 7.55. The molecule has 21 heavy (non-hydrogen) atoms. The van der Waals surface area contributed by atoms with Crippen LogP contribution in [-0.2, 0) is 9.59 Å². The van der Waals surface area contributed by atoms with Crippen molar-refractivity contribution in [1.29, 1.82) is 0 Å². The minimum atomic E-state index is -0.390. The van der Waals surface area contributed by atoms with Crippen LogP contribution in [0.25, 0.3) is 0 Å². The quantitative estimate of drug-likeness (QED) is 0.925. The van der Waals surface area contributed by atoms with Gasteiger partial charge >= 0.3 is 0 Å². The van der Waals surface area contributed by atoms with E-state index in [9.17, 15) is 9.59 Å². The minimum absolute atomic E-state index is 0.0244. The molecule has 1 N–H and O–H groups in total. The van der Waals surface area contributed by atoms with Crippen molar-refractivity contribution in [3.05, 3.63) is 35.4 Å². The van der Waals surface area contributed by atoms with Gasteiger partial charge in [-0.3, -0.25) is 9.59 Å². The van der Waals surface area contributed by atoms with Crippen LogP contribution in [0, 0.1) is 12.8 Å². The Morgan fingerprint density at radius 1 is 1.19 bits per heavy atom. The summed E-state index contributed by atoms with van der Waals surface area (Å²) in [5, 5.41) is 2.81. The molecule has 0 bridgehead atoms. The zero-order chi connectivity index (χ0) is 15.6. The standard InChI is InChI=1S/C17H24N2O2/c1-11(2)9-15-17(21)19(10-16(20)18-15)13(4)14-7-5-12(3)6-8-14/h5-8,11,13,15H,9-10H2,1-4H3,(H,18,20). The first kappa shape index (κ1) is 15.5. The molecule has 1 saturated heterocycles. The molecule has 0 saturated carbocycles. The van der Waals surface area contributed by atoms with E-state index < -0.39 is 0 Å². The zero-order valence-electron chi connectivity index (χ0n) is 13.2. The molecule has 1 aromatic rings. The van der Waals surface area contributed by atoms with Crippen LogP contribution < -0.4 is 5.32 Å². The zero-order valence-corrected chi connectivity index (χ0v) is 13.2. The summed E-state index contributed by atoms with van der Waals surface area (Å²) in [4.78, 5) is 26.2. The van der Waals surface area contributed by atoms with Gasteiger partial charge in [-0.05, 0) is 31.7 Å². The smallest absolute Gasteiger partial charge is 0.246 e. The largest absolute Gasteiger partial charge is 0.343 e. The molecular formula is C17H24N2O2. The van der Waals surface area contributed by atoms with Crippen molar-refractivity contribution in [2.75, 3.05) is 6.54 Å². The van der Waals surface area contributed by atoms with E-state index >= 15 is 0 Å². The Balaban J connectivity index is 2.18. The molecule has 114 valence electrons. The predicted molar refractivity (Wildman–Crippen MR) is 82.7 cm³/mol. The number of piperazine rings is 1. The molecule has 0 aromatic heterocycles. The van der Waals surface area contributed by atoms with E-state index in [1.807, 2.05) is 38.1 Å². The van der Waals surface area contributed by atoms with Crippen molar-refractivity contribution in [2.24, 2.45) is 5.92 Å². The predicted octanol–water partition coefficient (Wildman–Crippen LogP) is 2.43. The molecule has 2 unspecified atom stereocenters. The maximum atomic E-state index is 12.6. The lowest BCUT2D eigenvalue weighted by Gasteiger charge is -2.37. The van der Waals surface area contributed by atoms with Gasteiger partial charge in [0.1, 0.15) is 12.6 Å². The van der Waals surface area contributed by atoms with Crippen molar-refractivity contribution in [2.45, 2.75) is 46.2 Å². The SMILES string of the molecule is Cc1ccc(C(C)N2CC(=O)NC(CC(C)C)C2=O)cc1. The molecule has 1 fully saturated rings. The Bertz CT molecular complexity index is 522. The lowest BCUT2D eigenvalue weighted by molar-refractivity contribution is -0.146. The summed E-state index contributed by atoms with van der Waals surface area (Å²) in [5.41, 5.74) is 2.25. The highest BCUT2D eigenvalue weighted by Crippen LogP contribution is 2.24. The first-order chi connectivity index (χ1) is 9.88.